The minimum atomic E-state index is -0.463. The molecule has 6 heteroatoms. The summed E-state index contributed by atoms with van der Waals surface area (Å²) in [4.78, 5) is 8.35. The first kappa shape index (κ1) is 24.1. The third kappa shape index (κ3) is 4.89. The second kappa shape index (κ2) is 10.2. The van der Waals surface area contributed by atoms with Gasteiger partial charge in [-0.2, -0.15) is 5.26 Å². The minimum absolute atomic E-state index is 0.00290. The van der Waals surface area contributed by atoms with Crippen LogP contribution in [0.25, 0.3) is 10.8 Å². The van der Waals surface area contributed by atoms with E-state index in [1.54, 1.807) is 6.07 Å². The Labute approximate surface area is 213 Å². The van der Waals surface area contributed by atoms with Crippen LogP contribution in [0.5, 0.6) is 5.75 Å². The Balaban J connectivity index is 1.37. The zero-order chi connectivity index (χ0) is 25.2. The number of amidine groups is 1. The maximum absolute atomic E-state index is 9.59. The average Bonchev–Trinajstić information content (AvgIpc) is 3.36. The molecular formula is C30H34N4O2. The first-order valence-electron chi connectivity index (χ1n) is 12.9. The van der Waals surface area contributed by atoms with Gasteiger partial charge < -0.3 is 14.9 Å². The van der Waals surface area contributed by atoms with Crippen molar-refractivity contribution in [3.8, 4) is 11.8 Å². The fraction of sp³-hybridized carbons (Fsp3) is 0.400. The van der Waals surface area contributed by atoms with E-state index in [1.165, 1.54) is 17.4 Å². The second-order valence-corrected chi connectivity index (χ2v) is 10.4. The smallest absolute Gasteiger partial charge is 0.224 e. The van der Waals surface area contributed by atoms with E-state index >= 15 is 0 Å². The van der Waals surface area contributed by atoms with Crippen molar-refractivity contribution >= 4 is 16.6 Å². The first-order chi connectivity index (χ1) is 17.4. The summed E-state index contributed by atoms with van der Waals surface area (Å²) in [5, 5.41) is 19.8. The highest BCUT2D eigenvalue weighted by Gasteiger charge is 2.26. The summed E-state index contributed by atoms with van der Waals surface area (Å²) in [5.41, 5.74) is 3.66. The van der Waals surface area contributed by atoms with Gasteiger partial charge in [-0.1, -0.05) is 55.4 Å². The molecule has 2 aliphatic rings. The molecule has 5 rings (SSSR count). The molecule has 0 radical (unpaired) electrons. The van der Waals surface area contributed by atoms with E-state index in [0.29, 0.717) is 17.1 Å². The fourth-order valence-electron chi connectivity index (χ4n) is 5.15. The molecule has 3 unspecified atom stereocenters. The number of oxime groups is 1. The van der Waals surface area contributed by atoms with Gasteiger partial charge >= 0.3 is 0 Å². The summed E-state index contributed by atoms with van der Waals surface area (Å²) >= 11 is 0. The topological polar surface area (TPSA) is 69.9 Å². The van der Waals surface area contributed by atoms with E-state index in [9.17, 15) is 5.26 Å². The van der Waals surface area contributed by atoms with Gasteiger partial charge in [-0.3, -0.25) is 4.90 Å². The van der Waals surface area contributed by atoms with Gasteiger partial charge in [-0.15, -0.1) is 0 Å². The van der Waals surface area contributed by atoms with Gasteiger partial charge in [0.05, 0.1) is 11.7 Å². The number of nitriles is 1. The van der Waals surface area contributed by atoms with Crippen LogP contribution in [0.3, 0.4) is 0 Å². The number of likely N-dealkylation sites (tertiary alicyclic amines) is 1. The van der Waals surface area contributed by atoms with Crippen molar-refractivity contribution in [3.63, 3.8) is 0 Å². The Morgan fingerprint density at radius 3 is 2.67 bits per heavy atom. The molecule has 0 spiro atoms. The average molecular weight is 483 g/mol. The van der Waals surface area contributed by atoms with E-state index < -0.39 is 6.23 Å². The summed E-state index contributed by atoms with van der Waals surface area (Å²) in [6, 6.07) is 20.7. The third-order valence-electron chi connectivity index (χ3n) is 7.39. The molecule has 0 aromatic heterocycles. The van der Waals surface area contributed by atoms with Gasteiger partial charge in [0, 0.05) is 24.2 Å². The molecule has 0 aliphatic carbocycles. The van der Waals surface area contributed by atoms with E-state index in [4.69, 9.17) is 9.57 Å². The number of hydrogen-bond donors (Lipinski definition) is 1. The molecule has 0 saturated carbocycles. The van der Waals surface area contributed by atoms with Crippen LogP contribution in [0.15, 0.2) is 59.8 Å². The monoisotopic (exact) mass is 482 g/mol. The van der Waals surface area contributed by atoms with Crippen molar-refractivity contribution in [2.75, 3.05) is 13.1 Å². The van der Waals surface area contributed by atoms with Gasteiger partial charge in [-0.05, 0) is 73.2 Å². The largest absolute Gasteiger partial charge is 0.490 e. The van der Waals surface area contributed by atoms with E-state index in [1.807, 2.05) is 26.0 Å². The molecular weight excluding hydrogens is 448 g/mol. The highest BCUT2D eigenvalue weighted by atomic mass is 16.7. The molecule has 1 N–H and O–H groups in total. The Morgan fingerprint density at radius 1 is 1.11 bits per heavy atom. The lowest BCUT2D eigenvalue weighted by Gasteiger charge is -2.35. The predicted octanol–water partition coefficient (Wildman–Crippen LogP) is 5.96. The molecule has 3 aromatic carbocycles. The number of ether oxygens (including phenoxy) is 1. The van der Waals surface area contributed by atoms with Crippen molar-refractivity contribution in [2.24, 2.45) is 17.0 Å². The Bertz CT molecular complexity index is 1330. The van der Waals surface area contributed by atoms with E-state index in [0.717, 1.165) is 48.0 Å². The summed E-state index contributed by atoms with van der Waals surface area (Å²) in [7, 11) is 0. The van der Waals surface area contributed by atoms with Crippen LogP contribution in [0, 0.1) is 23.2 Å². The van der Waals surface area contributed by atoms with E-state index in [2.05, 4.69) is 71.7 Å². The summed E-state index contributed by atoms with van der Waals surface area (Å²) in [5.74, 6) is 2.80. The molecule has 1 fully saturated rings. The lowest BCUT2D eigenvalue weighted by molar-refractivity contribution is 0.0728. The highest BCUT2D eigenvalue weighted by Crippen LogP contribution is 2.31. The minimum Gasteiger partial charge on any atom is -0.490 e. The molecule has 3 aromatic rings. The summed E-state index contributed by atoms with van der Waals surface area (Å²) in [6.07, 6.45) is 0.793. The van der Waals surface area contributed by atoms with Crippen LogP contribution in [0.4, 0.5) is 0 Å². The van der Waals surface area contributed by atoms with E-state index in [-0.39, 0.29) is 6.10 Å². The van der Waals surface area contributed by atoms with Crippen molar-refractivity contribution in [1.82, 2.24) is 10.2 Å². The van der Waals surface area contributed by atoms with Crippen LogP contribution in [0.2, 0.25) is 0 Å². The first-order valence-corrected chi connectivity index (χ1v) is 12.9. The lowest BCUT2D eigenvalue weighted by Crippen LogP contribution is -2.37. The van der Waals surface area contributed by atoms with Crippen LogP contribution in [0.1, 0.15) is 62.6 Å². The highest BCUT2D eigenvalue weighted by molar-refractivity contribution is 6.10. The Hall–Kier alpha value is -3.56. The Kier molecular flexibility index (Phi) is 6.84. The number of nitrogens with zero attached hydrogens (tertiary/aromatic N) is 3. The van der Waals surface area contributed by atoms with Gasteiger partial charge in [0.25, 0.3) is 0 Å². The van der Waals surface area contributed by atoms with Crippen LogP contribution in [-0.4, -0.2) is 29.9 Å². The van der Waals surface area contributed by atoms with Gasteiger partial charge in [0.1, 0.15) is 11.8 Å². The van der Waals surface area contributed by atoms with Crippen molar-refractivity contribution in [1.29, 1.82) is 5.26 Å². The number of fused-ring (bicyclic) bond motifs is 1. The van der Waals surface area contributed by atoms with Crippen LogP contribution in [-0.2, 0) is 11.4 Å². The fourth-order valence-corrected chi connectivity index (χ4v) is 5.15. The van der Waals surface area contributed by atoms with Gasteiger partial charge in [0.2, 0.25) is 6.23 Å². The zero-order valence-electron chi connectivity index (χ0n) is 21.5. The summed E-state index contributed by atoms with van der Waals surface area (Å²) < 4.78 is 5.75. The standard InChI is InChI=1S/C30H34N4O2/c1-19(2)35-28-12-10-22(15-24(28)16-31)30-32-29(33-36-30)27-11-9-23(25-7-5-6-8-26(25)27)18-34-14-13-20(3)21(4)17-34/h5-12,15,19-21,30H,13-14,17-18H2,1-4H3,(H,32,33). The molecule has 2 heterocycles. The Morgan fingerprint density at radius 2 is 1.92 bits per heavy atom. The molecule has 186 valence electrons. The maximum Gasteiger partial charge on any atom is 0.224 e. The quantitative estimate of drug-likeness (QED) is 0.470. The lowest BCUT2D eigenvalue weighted by atomic mass is 9.88. The molecule has 2 aliphatic heterocycles. The number of nitrogens with one attached hydrogen (secondary N) is 1. The SMILES string of the molecule is CC(C)Oc1ccc(C2NC(c3ccc(CN4CCC(C)C(C)C4)c4ccccc34)=NO2)cc1C#N. The van der Waals surface area contributed by atoms with Gasteiger partial charge in [0.15, 0.2) is 5.84 Å². The maximum atomic E-state index is 9.59. The molecule has 0 bridgehead atoms. The predicted molar refractivity (Wildman–Crippen MR) is 143 cm³/mol. The number of hydrogen-bond acceptors (Lipinski definition) is 6. The number of piperidine rings is 1. The number of benzene rings is 3. The zero-order valence-corrected chi connectivity index (χ0v) is 21.5. The third-order valence-corrected chi connectivity index (χ3v) is 7.39. The molecule has 1 saturated heterocycles. The van der Waals surface area contributed by atoms with Crippen molar-refractivity contribution in [3.05, 3.63) is 76.9 Å². The van der Waals surface area contributed by atoms with Crippen LogP contribution < -0.4 is 10.1 Å². The molecule has 3 atom stereocenters. The molecule has 0 amide bonds. The molecule has 6 nitrogen and oxygen atoms in total. The van der Waals surface area contributed by atoms with Crippen LogP contribution >= 0.6 is 0 Å². The molecule has 36 heavy (non-hydrogen) atoms. The summed E-state index contributed by atoms with van der Waals surface area (Å²) in [6.45, 7) is 11.9. The normalized spacial score (nSPS) is 22.1. The number of rotatable bonds is 6. The van der Waals surface area contributed by atoms with Gasteiger partial charge in [-0.25, -0.2) is 0 Å². The van der Waals surface area contributed by atoms with Crippen molar-refractivity contribution in [2.45, 2.75) is 53.0 Å². The second-order valence-electron chi connectivity index (χ2n) is 10.4. The van der Waals surface area contributed by atoms with Crippen molar-refractivity contribution < 1.29 is 9.57 Å².